The van der Waals surface area contributed by atoms with E-state index in [0.717, 1.165) is 46.5 Å². The predicted molar refractivity (Wildman–Crippen MR) is 141 cm³/mol. The molecule has 0 spiro atoms. The SMILES string of the molecule is CCCC[C@@H]1C[C@H]1C(=O)Nc1ccc(-c2ccc(NC(=O)[C@@H]3C[C@@H]3CCCC)c(C)c2)cc1C. The van der Waals surface area contributed by atoms with Crippen molar-refractivity contribution in [3.05, 3.63) is 47.5 Å². The molecule has 4 nitrogen and oxygen atoms in total. The van der Waals surface area contributed by atoms with Crippen LogP contribution in [0.4, 0.5) is 11.4 Å². The topological polar surface area (TPSA) is 58.2 Å². The summed E-state index contributed by atoms with van der Waals surface area (Å²) in [6, 6.07) is 12.4. The molecule has 4 rings (SSSR count). The molecule has 4 heteroatoms. The van der Waals surface area contributed by atoms with Gasteiger partial charge in [-0.3, -0.25) is 9.59 Å². The summed E-state index contributed by atoms with van der Waals surface area (Å²) < 4.78 is 0. The first kappa shape index (κ1) is 24.5. The van der Waals surface area contributed by atoms with Crippen LogP contribution in [0.3, 0.4) is 0 Å². The van der Waals surface area contributed by atoms with Gasteiger partial charge in [0.25, 0.3) is 0 Å². The largest absolute Gasteiger partial charge is 0.326 e. The van der Waals surface area contributed by atoms with E-state index in [1.165, 1.54) is 38.5 Å². The van der Waals surface area contributed by atoms with Crippen molar-refractivity contribution in [1.29, 1.82) is 0 Å². The summed E-state index contributed by atoms with van der Waals surface area (Å²) in [4.78, 5) is 25.2. The van der Waals surface area contributed by atoms with E-state index in [4.69, 9.17) is 0 Å². The number of nitrogens with one attached hydrogen (secondary N) is 2. The molecule has 2 aromatic carbocycles. The van der Waals surface area contributed by atoms with E-state index in [0.29, 0.717) is 11.8 Å². The number of rotatable bonds is 11. The summed E-state index contributed by atoms with van der Waals surface area (Å²) in [5, 5.41) is 6.29. The Balaban J connectivity index is 1.35. The molecule has 2 fully saturated rings. The molecule has 2 aliphatic rings. The molecule has 2 amide bonds. The van der Waals surface area contributed by atoms with Crippen LogP contribution >= 0.6 is 0 Å². The number of unbranched alkanes of at least 4 members (excludes halogenated alkanes) is 2. The van der Waals surface area contributed by atoms with Crippen molar-refractivity contribution in [3.63, 3.8) is 0 Å². The number of amides is 2. The Bertz CT molecular complexity index is 961. The normalized spacial score (nSPS) is 22.8. The average Bonchev–Trinajstić information content (AvgIpc) is 3.74. The Hall–Kier alpha value is -2.62. The van der Waals surface area contributed by atoms with Gasteiger partial charge >= 0.3 is 0 Å². The lowest BCUT2D eigenvalue weighted by molar-refractivity contribution is -0.118. The minimum absolute atomic E-state index is 0.167. The first-order valence-corrected chi connectivity index (χ1v) is 13.2. The second-order valence-electron chi connectivity index (χ2n) is 10.5. The molecule has 0 radical (unpaired) electrons. The molecule has 0 aromatic heterocycles. The van der Waals surface area contributed by atoms with Crippen LogP contribution in [0.25, 0.3) is 11.1 Å². The molecule has 182 valence electrons. The van der Waals surface area contributed by atoms with Gasteiger partial charge in [-0.05, 0) is 97.9 Å². The minimum atomic E-state index is 0.167. The summed E-state index contributed by atoms with van der Waals surface area (Å²) in [6.07, 6.45) is 9.21. The lowest BCUT2D eigenvalue weighted by atomic mass is 9.99. The molecule has 34 heavy (non-hydrogen) atoms. The van der Waals surface area contributed by atoms with Crippen LogP contribution in [-0.2, 0) is 9.59 Å². The molecule has 0 bridgehead atoms. The zero-order valence-electron chi connectivity index (χ0n) is 21.2. The minimum Gasteiger partial charge on any atom is -0.326 e. The second-order valence-corrected chi connectivity index (χ2v) is 10.5. The smallest absolute Gasteiger partial charge is 0.227 e. The number of hydrogen-bond donors (Lipinski definition) is 2. The Morgan fingerprint density at radius 1 is 0.735 bits per heavy atom. The van der Waals surface area contributed by atoms with E-state index >= 15 is 0 Å². The van der Waals surface area contributed by atoms with E-state index in [9.17, 15) is 9.59 Å². The van der Waals surface area contributed by atoms with E-state index in [-0.39, 0.29) is 23.7 Å². The van der Waals surface area contributed by atoms with Crippen LogP contribution in [0, 0.1) is 37.5 Å². The summed E-state index contributed by atoms with van der Waals surface area (Å²) >= 11 is 0. The molecule has 2 aromatic rings. The highest BCUT2D eigenvalue weighted by atomic mass is 16.2. The lowest BCUT2D eigenvalue weighted by Crippen LogP contribution is -2.15. The molecule has 2 aliphatic carbocycles. The van der Waals surface area contributed by atoms with Gasteiger partial charge in [0.2, 0.25) is 11.8 Å². The zero-order valence-corrected chi connectivity index (χ0v) is 21.2. The maximum Gasteiger partial charge on any atom is 0.227 e. The third kappa shape index (κ3) is 5.89. The Labute approximate surface area is 204 Å². The summed E-state index contributed by atoms with van der Waals surface area (Å²) in [7, 11) is 0. The monoisotopic (exact) mass is 460 g/mol. The molecule has 4 atom stereocenters. The van der Waals surface area contributed by atoms with Gasteiger partial charge in [-0.2, -0.15) is 0 Å². The van der Waals surface area contributed by atoms with Crippen molar-refractivity contribution < 1.29 is 9.59 Å². The maximum absolute atomic E-state index is 12.6. The van der Waals surface area contributed by atoms with Crippen LogP contribution in [0.5, 0.6) is 0 Å². The van der Waals surface area contributed by atoms with Crippen molar-refractivity contribution in [1.82, 2.24) is 0 Å². The number of anilines is 2. The van der Waals surface area contributed by atoms with Gasteiger partial charge in [0, 0.05) is 23.2 Å². The first-order valence-electron chi connectivity index (χ1n) is 13.2. The first-order chi connectivity index (χ1) is 16.4. The van der Waals surface area contributed by atoms with Crippen LogP contribution in [0.15, 0.2) is 36.4 Å². The predicted octanol–water partition coefficient (Wildman–Crippen LogP) is 7.50. The van der Waals surface area contributed by atoms with Crippen molar-refractivity contribution in [2.45, 2.75) is 79.1 Å². The fourth-order valence-corrected chi connectivity index (χ4v) is 5.13. The maximum atomic E-state index is 12.6. The van der Waals surface area contributed by atoms with Gasteiger partial charge in [-0.15, -0.1) is 0 Å². The number of carbonyl (C=O) groups is 2. The fourth-order valence-electron chi connectivity index (χ4n) is 5.13. The van der Waals surface area contributed by atoms with Crippen molar-refractivity contribution in [2.75, 3.05) is 10.6 Å². The van der Waals surface area contributed by atoms with Crippen molar-refractivity contribution in [2.24, 2.45) is 23.7 Å². The number of hydrogen-bond acceptors (Lipinski definition) is 2. The summed E-state index contributed by atoms with van der Waals surface area (Å²) in [6.45, 7) is 8.50. The number of aryl methyl sites for hydroxylation is 2. The second kappa shape index (κ2) is 10.8. The third-order valence-corrected chi connectivity index (χ3v) is 7.68. The van der Waals surface area contributed by atoms with Crippen LogP contribution in [-0.4, -0.2) is 11.8 Å². The average molecular weight is 461 g/mol. The summed E-state index contributed by atoms with van der Waals surface area (Å²) in [5.74, 6) is 1.86. The standard InChI is InChI=1S/C30H40N2O2/c1-5-7-9-23-17-25(23)29(33)31-27-13-11-21(15-19(27)3)22-12-14-28(20(4)16-22)32-30(34)26-18-24(26)10-8-6-2/h11-16,23-26H,5-10,17-18H2,1-4H3,(H,31,33)(H,32,34)/t23-,24+,25-,26-/m1/s1. The van der Waals surface area contributed by atoms with Gasteiger partial charge in [0.15, 0.2) is 0 Å². The molecular weight excluding hydrogens is 420 g/mol. The van der Waals surface area contributed by atoms with E-state index < -0.39 is 0 Å². The van der Waals surface area contributed by atoms with Crippen molar-refractivity contribution >= 4 is 23.2 Å². The fraction of sp³-hybridized carbons (Fsp3) is 0.533. The van der Waals surface area contributed by atoms with E-state index in [1.807, 2.05) is 26.0 Å². The zero-order chi connectivity index (χ0) is 24.2. The van der Waals surface area contributed by atoms with E-state index in [1.54, 1.807) is 0 Å². The highest BCUT2D eigenvalue weighted by molar-refractivity contribution is 5.96. The van der Waals surface area contributed by atoms with Gasteiger partial charge in [-0.25, -0.2) is 0 Å². The highest BCUT2D eigenvalue weighted by Gasteiger charge is 2.42. The Kier molecular flexibility index (Phi) is 7.75. The van der Waals surface area contributed by atoms with Crippen LogP contribution in [0.2, 0.25) is 0 Å². The Morgan fingerprint density at radius 3 is 1.50 bits per heavy atom. The lowest BCUT2D eigenvalue weighted by Gasteiger charge is -2.13. The van der Waals surface area contributed by atoms with Gasteiger partial charge in [0.1, 0.15) is 0 Å². The van der Waals surface area contributed by atoms with Gasteiger partial charge < -0.3 is 10.6 Å². The van der Waals surface area contributed by atoms with Crippen LogP contribution < -0.4 is 10.6 Å². The van der Waals surface area contributed by atoms with Crippen molar-refractivity contribution in [3.8, 4) is 11.1 Å². The number of carbonyl (C=O) groups excluding carboxylic acids is 2. The molecule has 2 N–H and O–H groups in total. The Morgan fingerprint density at radius 2 is 1.15 bits per heavy atom. The molecular formula is C30H40N2O2. The summed E-state index contributed by atoms with van der Waals surface area (Å²) in [5.41, 5.74) is 6.17. The quantitative estimate of drug-likeness (QED) is 0.365. The van der Waals surface area contributed by atoms with Crippen LogP contribution in [0.1, 0.15) is 76.3 Å². The van der Waals surface area contributed by atoms with Gasteiger partial charge in [0.05, 0.1) is 0 Å². The molecule has 0 aliphatic heterocycles. The molecule has 2 saturated carbocycles. The third-order valence-electron chi connectivity index (χ3n) is 7.68. The number of benzene rings is 2. The molecule has 0 heterocycles. The molecule has 0 saturated heterocycles. The highest BCUT2D eigenvalue weighted by Crippen LogP contribution is 2.44. The van der Waals surface area contributed by atoms with E-state index in [2.05, 4.69) is 48.7 Å². The van der Waals surface area contributed by atoms with Gasteiger partial charge in [-0.1, -0.05) is 51.7 Å². The molecule has 0 unspecified atom stereocenters.